The predicted molar refractivity (Wildman–Crippen MR) is 127 cm³/mol. The van der Waals surface area contributed by atoms with E-state index in [1.165, 1.54) is 37.7 Å². The van der Waals surface area contributed by atoms with Gasteiger partial charge < -0.3 is 9.80 Å². The fourth-order valence-electron chi connectivity index (χ4n) is 7.49. The molecule has 4 nitrogen and oxygen atoms in total. The Kier molecular flexibility index (Phi) is 6.31. The molecule has 4 aliphatic rings. The van der Waals surface area contributed by atoms with E-state index in [-0.39, 0.29) is 10.8 Å². The van der Waals surface area contributed by atoms with Gasteiger partial charge >= 0.3 is 0 Å². The lowest BCUT2D eigenvalue weighted by atomic mass is 9.66. The Morgan fingerprint density at radius 2 is 1.47 bits per heavy atom. The zero-order valence-corrected chi connectivity index (χ0v) is 19.7. The molecule has 2 heterocycles. The summed E-state index contributed by atoms with van der Waals surface area (Å²) in [6.45, 7) is 3.67. The minimum absolute atomic E-state index is 0.246. The van der Waals surface area contributed by atoms with Crippen LogP contribution in [0.1, 0.15) is 89.0 Å². The first-order valence-electron chi connectivity index (χ1n) is 13.3. The van der Waals surface area contributed by atoms with E-state index in [2.05, 4.69) is 40.1 Å². The van der Waals surface area contributed by atoms with E-state index in [0.717, 1.165) is 71.1 Å². The second kappa shape index (κ2) is 9.19. The van der Waals surface area contributed by atoms with Crippen LogP contribution in [0.3, 0.4) is 0 Å². The summed E-state index contributed by atoms with van der Waals surface area (Å²) in [6, 6.07) is 10.6. The number of benzene rings is 1. The quantitative estimate of drug-likeness (QED) is 0.628. The number of amides is 2. The second-order valence-electron chi connectivity index (χ2n) is 11.1. The Hall–Kier alpha value is -1.84. The van der Waals surface area contributed by atoms with Gasteiger partial charge in [0.05, 0.1) is 5.41 Å². The van der Waals surface area contributed by atoms with Crippen LogP contribution in [0.2, 0.25) is 0 Å². The fourth-order valence-corrected chi connectivity index (χ4v) is 7.49. The highest BCUT2D eigenvalue weighted by Gasteiger charge is 2.52. The summed E-state index contributed by atoms with van der Waals surface area (Å²) >= 11 is 0. The van der Waals surface area contributed by atoms with Gasteiger partial charge in [0.15, 0.2) is 0 Å². The molecule has 1 aromatic carbocycles. The highest BCUT2D eigenvalue weighted by atomic mass is 16.2. The maximum absolute atomic E-state index is 14.1. The maximum Gasteiger partial charge on any atom is 0.233 e. The molecule has 2 aliphatic carbocycles. The lowest BCUT2D eigenvalue weighted by Crippen LogP contribution is -2.45. The van der Waals surface area contributed by atoms with Crippen LogP contribution in [0, 0.1) is 11.3 Å². The standard InChI is InChI=1S/C28H40N2O2/c31-25(29-19-9-10-20-29)14-13-24-21-30(22-27(24)15-5-2-6-16-27)26(32)28(17-7-8-18-28)23-11-3-1-4-12-23/h1,3-4,11-12,24H,2,5-10,13-22H2. The molecule has 1 unspecified atom stereocenters. The molecule has 0 bridgehead atoms. The summed E-state index contributed by atoms with van der Waals surface area (Å²) in [7, 11) is 0. The molecule has 2 amide bonds. The third-order valence-electron chi connectivity index (χ3n) is 9.31. The Balaban J connectivity index is 1.34. The van der Waals surface area contributed by atoms with Crippen molar-refractivity contribution < 1.29 is 9.59 Å². The van der Waals surface area contributed by atoms with Gasteiger partial charge in [0.1, 0.15) is 0 Å². The first kappa shape index (κ1) is 22.0. The summed E-state index contributed by atoms with van der Waals surface area (Å²) in [5, 5.41) is 0. The van der Waals surface area contributed by atoms with Gasteiger partial charge in [0.25, 0.3) is 0 Å². The zero-order chi connectivity index (χ0) is 22.0. The van der Waals surface area contributed by atoms with Gasteiger partial charge in [-0.15, -0.1) is 0 Å². The van der Waals surface area contributed by atoms with Crippen molar-refractivity contribution in [3.63, 3.8) is 0 Å². The molecule has 174 valence electrons. The lowest BCUT2D eigenvalue weighted by Gasteiger charge is -2.39. The van der Waals surface area contributed by atoms with E-state index in [1.54, 1.807) is 0 Å². The first-order valence-corrected chi connectivity index (χ1v) is 13.3. The smallest absolute Gasteiger partial charge is 0.233 e. The molecule has 2 saturated carbocycles. The van der Waals surface area contributed by atoms with Crippen molar-refractivity contribution in [1.29, 1.82) is 0 Å². The third-order valence-corrected chi connectivity index (χ3v) is 9.31. The van der Waals surface area contributed by atoms with E-state index in [1.807, 2.05) is 0 Å². The van der Waals surface area contributed by atoms with Crippen LogP contribution in [0.15, 0.2) is 30.3 Å². The van der Waals surface area contributed by atoms with Crippen LogP contribution in [0.25, 0.3) is 0 Å². The van der Waals surface area contributed by atoms with Crippen molar-refractivity contribution in [3.8, 4) is 0 Å². The summed E-state index contributed by atoms with van der Waals surface area (Å²) in [6.07, 6.45) is 14.5. The molecule has 1 aromatic rings. The molecular weight excluding hydrogens is 396 g/mol. The molecule has 1 spiro atoms. The van der Waals surface area contributed by atoms with Crippen molar-refractivity contribution in [2.24, 2.45) is 11.3 Å². The molecule has 5 rings (SSSR count). The fraction of sp³-hybridized carbons (Fsp3) is 0.714. The number of rotatable bonds is 5. The number of likely N-dealkylation sites (tertiary alicyclic amines) is 2. The molecule has 4 heteroatoms. The highest BCUT2D eigenvalue weighted by molar-refractivity contribution is 5.89. The van der Waals surface area contributed by atoms with E-state index in [0.29, 0.717) is 24.2 Å². The van der Waals surface area contributed by atoms with Gasteiger partial charge in [-0.25, -0.2) is 0 Å². The molecule has 0 radical (unpaired) electrons. The van der Waals surface area contributed by atoms with Crippen LogP contribution < -0.4 is 0 Å². The third kappa shape index (κ3) is 3.99. The molecule has 4 fully saturated rings. The van der Waals surface area contributed by atoms with E-state index >= 15 is 0 Å². The Morgan fingerprint density at radius 3 is 2.16 bits per heavy atom. The minimum Gasteiger partial charge on any atom is -0.343 e. The molecular formula is C28H40N2O2. The summed E-state index contributed by atoms with van der Waals surface area (Å²) in [5.74, 6) is 1.20. The Bertz CT molecular complexity index is 802. The van der Waals surface area contributed by atoms with E-state index in [4.69, 9.17) is 0 Å². The van der Waals surface area contributed by atoms with Crippen molar-refractivity contribution >= 4 is 11.8 Å². The average Bonchev–Trinajstić information content (AvgIpc) is 3.59. The first-order chi connectivity index (χ1) is 15.6. The van der Waals surface area contributed by atoms with Crippen LogP contribution >= 0.6 is 0 Å². The van der Waals surface area contributed by atoms with Crippen molar-refractivity contribution in [3.05, 3.63) is 35.9 Å². The van der Waals surface area contributed by atoms with Gasteiger partial charge in [-0.2, -0.15) is 0 Å². The summed E-state index contributed by atoms with van der Waals surface area (Å²) in [4.78, 5) is 31.2. The van der Waals surface area contributed by atoms with Crippen molar-refractivity contribution in [2.75, 3.05) is 26.2 Å². The maximum atomic E-state index is 14.1. The van der Waals surface area contributed by atoms with Crippen LogP contribution in [0.4, 0.5) is 0 Å². The largest absolute Gasteiger partial charge is 0.343 e. The topological polar surface area (TPSA) is 40.6 Å². The van der Waals surface area contributed by atoms with E-state index < -0.39 is 0 Å². The van der Waals surface area contributed by atoms with Crippen LogP contribution in [-0.2, 0) is 15.0 Å². The number of carbonyl (C=O) groups excluding carboxylic acids is 2. The summed E-state index contributed by atoms with van der Waals surface area (Å²) in [5.41, 5.74) is 1.14. The normalized spacial score (nSPS) is 26.7. The van der Waals surface area contributed by atoms with Gasteiger partial charge in [-0.3, -0.25) is 9.59 Å². The zero-order valence-electron chi connectivity index (χ0n) is 19.7. The van der Waals surface area contributed by atoms with Crippen molar-refractivity contribution in [2.45, 2.75) is 88.9 Å². The van der Waals surface area contributed by atoms with Crippen LogP contribution in [0.5, 0.6) is 0 Å². The molecule has 0 N–H and O–H groups in total. The average molecular weight is 437 g/mol. The molecule has 0 aromatic heterocycles. The lowest BCUT2D eigenvalue weighted by molar-refractivity contribution is -0.136. The summed E-state index contributed by atoms with van der Waals surface area (Å²) < 4.78 is 0. The van der Waals surface area contributed by atoms with Gasteiger partial charge in [0, 0.05) is 32.6 Å². The van der Waals surface area contributed by atoms with Gasteiger partial charge in [0.2, 0.25) is 11.8 Å². The predicted octanol–water partition coefficient (Wildman–Crippen LogP) is 5.31. The monoisotopic (exact) mass is 436 g/mol. The number of nitrogens with zero attached hydrogens (tertiary/aromatic N) is 2. The van der Waals surface area contributed by atoms with Crippen molar-refractivity contribution in [1.82, 2.24) is 9.80 Å². The molecule has 1 atom stereocenters. The Morgan fingerprint density at radius 1 is 0.812 bits per heavy atom. The molecule has 2 saturated heterocycles. The molecule has 32 heavy (non-hydrogen) atoms. The SMILES string of the molecule is O=C(CCC1CN(C(=O)C2(c3ccccc3)CCCC2)CC12CCCCC2)N1CCCC1. The second-order valence-corrected chi connectivity index (χ2v) is 11.1. The number of hydrogen-bond acceptors (Lipinski definition) is 2. The van der Waals surface area contributed by atoms with Gasteiger partial charge in [-0.05, 0) is 61.8 Å². The number of carbonyl (C=O) groups is 2. The number of hydrogen-bond donors (Lipinski definition) is 0. The molecule has 2 aliphatic heterocycles. The van der Waals surface area contributed by atoms with E-state index in [9.17, 15) is 9.59 Å². The highest BCUT2D eigenvalue weighted by Crippen LogP contribution is 2.51. The van der Waals surface area contributed by atoms with Crippen LogP contribution in [-0.4, -0.2) is 47.8 Å². The van der Waals surface area contributed by atoms with Gasteiger partial charge in [-0.1, -0.05) is 62.4 Å². The Labute approximate surface area is 193 Å². The minimum atomic E-state index is -0.322.